The van der Waals surface area contributed by atoms with E-state index < -0.39 is 22.8 Å². The fourth-order valence-corrected chi connectivity index (χ4v) is 4.25. The molecule has 0 saturated carbocycles. The number of likely N-dealkylation sites (tertiary alicyclic amines) is 1. The Bertz CT molecular complexity index is 852. The summed E-state index contributed by atoms with van der Waals surface area (Å²) in [6.45, 7) is 0.468. The zero-order valence-corrected chi connectivity index (χ0v) is 16.1. The van der Waals surface area contributed by atoms with Crippen molar-refractivity contribution in [2.24, 2.45) is 5.92 Å². The molecule has 3 heterocycles. The first-order valence-corrected chi connectivity index (χ1v) is 9.25. The number of rotatable bonds is 7. The van der Waals surface area contributed by atoms with Crippen LogP contribution >= 0.6 is 22.9 Å². The minimum absolute atomic E-state index is 0.00933. The van der Waals surface area contributed by atoms with Gasteiger partial charge in [-0.1, -0.05) is 16.4 Å². The van der Waals surface area contributed by atoms with Gasteiger partial charge in [0.25, 0.3) is 0 Å². The molecule has 1 aliphatic rings. The summed E-state index contributed by atoms with van der Waals surface area (Å²) in [7, 11) is 19.0. The van der Waals surface area contributed by atoms with Crippen LogP contribution < -0.4 is 0 Å². The number of fused-ring (bicyclic) bond motifs is 1. The van der Waals surface area contributed by atoms with Gasteiger partial charge in [-0.25, -0.2) is 9.50 Å². The molecule has 0 N–H and O–H groups in total. The minimum atomic E-state index is -3.35. The number of methoxy groups -OCH3 is 1. The summed E-state index contributed by atoms with van der Waals surface area (Å²) in [5, 5.41) is -0.0391. The summed E-state index contributed by atoms with van der Waals surface area (Å²) in [6.07, 6.45) is -0.584. The van der Waals surface area contributed by atoms with E-state index in [0.717, 1.165) is 0 Å². The molecule has 1 fully saturated rings. The third-order valence-corrected chi connectivity index (χ3v) is 5.21. The Hall–Kier alpha value is -1.13. The van der Waals surface area contributed by atoms with Crippen LogP contribution in [0, 0.1) is 5.92 Å². The van der Waals surface area contributed by atoms with Crippen LogP contribution in [0.5, 0.6) is 0 Å². The monoisotopic (exact) mass is 408 g/mol. The summed E-state index contributed by atoms with van der Waals surface area (Å²) >= 11 is 6.27. The molecule has 0 bridgehead atoms. The maximum atomic E-state index is 13.1. The molecule has 3 rings (SSSR count). The number of carbonyl (C=O) groups excluding carboxylic acids is 1. The van der Waals surface area contributed by atoms with Gasteiger partial charge in [-0.2, -0.15) is 13.9 Å². The van der Waals surface area contributed by atoms with Crippen molar-refractivity contribution >= 4 is 57.3 Å². The fourth-order valence-electron chi connectivity index (χ4n) is 3.15. The van der Waals surface area contributed by atoms with E-state index in [-0.39, 0.29) is 37.7 Å². The highest BCUT2D eigenvalue weighted by Crippen LogP contribution is 2.34. The second-order valence-corrected chi connectivity index (χ2v) is 8.22. The molecule has 27 heavy (non-hydrogen) atoms. The molecule has 1 atom stereocenters. The lowest BCUT2D eigenvalue weighted by atomic mass is 9.41. The number of hydrogen-bond donors (Lipinski definition) is 0. The normalized spacial score (nSPS) is 18.7. The van der Waals surface area contributed by atoms with Gasteiger partial charge < -0.3 is 9.64 Å². The quantitative estimate of drug-likeness (QED) is 0.509. The molecule has 0 aliphatic carbocycles. The maximum absolute atomic E-state index is 13.1. The Labute approximate surface area is 167 Å². The van der Waals surface area contributed by atoms with Crippen LogP contribution in [0.1, 0.15) is 29.2 Å². The van der Waals surface area contributed by atoms with E-state index in [4.69, 9.17) is 39.9 Å². The summed E-state index contributed by atoms with van der Waals surface area (Å²) in [6, 6.07) is 0. The smallest absolute Gasteiger partial charge is 0.322 e. The molecule has 1 amide bonds. The zero-order valence-electron chi connectivity index (χ0n) is 14.5. The predicted molar refractivity (Wildman–Crippen MR) is 99.5 cm³/mol. The van der Waals surface area contributed by atoms with Crippen molar-refractivity contribution in [1.29, 1.82) is 0 Å². The van der Waals surface area contributed by atoms with Crippen molar-refractivity contribution in [3.63, 3.8) is 0 Å². The van der Waals surface area contributed by atoms with Gasteiger partial charge in [-0.15, -0.1) is 0 Å². The third kappa shape index (κ3) is 4.66. The van der Waals surface area contributed by atoms with Crippen molar-refractivity contribution in [2.75, 3.05) is 13.7 Å². The number of alkyl halides is 3. The number of hydrogen-bond acceptors (Lipinski definition) is 5. The zero-order chi connectivity index (χ0) is 20.0. The highest BCUT2D eigenvalue weighted by atomic mass is 35.5. The molecule has 6 radical (unpaired) electrons. The van der Waals surface area contributed by atoms with E-state index in [1.54, 1.807) is 0 Å². The molecule has 138 valence electrons. The van der Waals surface area contributed by atoms with Crippen LogP contribution in [0.4, 0.5) is 8.78 Å². The molecule has 2 aromatic rings. The number of nitrogens with zero attached hydrogens (tertiary/aromatic N) is 4. The van der Waals surface area contributed by atoms with Gasteiger partial charge in [0.2, 0.25) is 10.9 Å². The van der Waals surface area contributed by atoms with E-state index >= 15 is 0 Å². The first-order valence-electron chi connectivity index (χ1n) is 8.06. The lowest BCUT2D eigenvalue weighted by Gasteiger charge is -2.22. The number of carbonyl (C=O) groups is 1. The number of halogens is 3. The van der Waals surface area contributed by atoms with E-state index in [0.29, 0.717) is 15.7 Å². The summed E-state index contributed by atoms with van der Waals surface area (Å²) < 4.78 is 32.7. The van der Waals surface area contributed by atoms with Gasteiger partial charge in [0, 0.05) is 32.2 Å². The van der Waals surface area contributed by atoms with E-state index in [1.165, 1.54) is 27.9 Å². The van der Waals surface area contributed by atoms with Gasteiger partial charge >= 0.3 is 5.38 Å². The second-order valence-electron chi connectivity index (χ2n) is 6.63. The van der Waals surface area contributed by atoms with Gasteiger partial charge in [0.05, 0.1) is 42.4 Å². The summed E-state index contributed by atoms with van der Waals surface area (Å²) in [4.78, 5) is 18.5. The van der Waals surface area contributed by atoms with Crippen LogP contribution in [0.25, 0.3) is 4.96 Å². The second kappa shape index (κ2) is 7.37. The molecular formula is C14H14B3ClF2N4O2S. The van der Waals surface area contributed by atoms with E-state index in [2.05, 4.69) is 10.1 Å². The Morgan fingerprint density at radius 2 is 2.11 bits per heavy atom. The average molecular weight is 408 g/mol. The molecule has 1 aliphatic heterocycles. The number of imidazole rings is 1. The van der Waals surface area contributed by atoms with Gasteiger partial charge in [-0.05, 0) is 17.5 Å². The average Bonchev–Trinajstić information content (AvgIpc) is 3.12. The highest BCUT2D eigenvalue weighted by molar-refractivity contribution is 7.16. The molecule has 2 aromatic heterocycles. The van der Waals surface area contributed by atoms with Crippen LogP contribution in [0.2, 0.25) is 0 Å². The molecule has 6 nitrogen and oxygen atoms in total. The van der Waals surface area contributed by atoms with Crippen molar-refractivity contribution in [3.05, 3.63) is 16.4 Å². The highest BCUT2D eigenvalue weighted by Gasteiger charge is 2.38. The number of aromatic nitrogens is 3. The largest absolute Gasteiger partial charge is 0.377 e. The van der Waals surface area contributed by atoms with Gasteiger partial charge in [0.15, 0.2) is 0 Å². The molecule has 13 heteroatoms. The standard InChI is InChI=1S/C14H14B3ClF2N4O2S/c1-26-6-9-22-24-8(11(14(15,16)17)21-12(24)27-9)5-23-4-7(2-10(23)25)3-13(18,19)20/h7H,2-6H2,1H3/t7-/m1/s1. The van der Waals surface area contributed by atoms with Crippen LogP contribution in [-0.2, 0) is 27.8 Å². The van der Waals surface area contributed by atoms with Crippen molar-refractivity contribution < 1.29 is 18.3 Å². The number of amides is 1. The Kier molecular flexibility index (Phi) is 5.62. The Balaban J connectivity index is 1.89. The topological polar surface area (TPSA) is 59.7 Å². The van der Waals surface area contributed by atoms with Crippen LogP contribution in [-0.4, -0.2) is 68.0 Å². The maximum Gasteiger partial charge on any atom is 0.322 e. The summed E-state index contributed by atoms with van der Waals surface area (Å²) in [5.41, 5.74) is 0.617. The minimum Gasteiger partial charge on any atom is -0.377 e. The lowest BCUT2D eigenvalue weighted by molar-refractivity contribution is -0.128. The summed E-state index contributed by atoms with van der Waals surface area (Å²) in [5.74, 6) is -0.819. The van der Waals surface area contributed by atoms with Crippen molar-refractivity contribution in [2.45, 2.75) is 36.5 Å². The van der Waals surface area contributed by atoms with Crippen LogP contribution in [0.3, 0.4) is 0 Å². The van der Waals surface area contributed by atoms with E-state index in [1.807, 2.05) is 0 Å². The molecular weight excluding hydrogens is 394 g/mol. The van der Waals surface area contributed by atoms with Crippen molar-refractivity contribution in [1.82, 2.24) is 19.5 Å². The fraction of sp³-hybridized carbons (Fsp3) is 0.643. The molecule has 0 spiro atoms. The first-order chi connectivity index (χ1) is 12.5. The van der Waals surface area contributed by atoms with Crippen molar-refractivity contribution in [3.8, 4) is 0 Å². The SMILES string of the molecule is [B]C([B])([B])c1nc2sc(COC)nn2c1CN1C[C@@H](CC(F)(F)Cl)CC1=O. The predicted octanol–water partition coefficient (Wildman–Crippen LogP) is 1.12. The Morgan fingerprint density at radius 3 is 2.70 bits per heavy atom. The van der Waals surface area contributed by atoms with E-state index in [9.17, 15) is 13.6 Å². The van der Waals surface area contributed by atoms with Gasteiger partial charge in [-0.3, -0.25) is 4.79 Å². The first kappa shape index (κ1) is 20.6. The Morgan fingerprint density at radius 1 is 1.41 bits per heavy atom. The molecule has 1 saturated heterocycles. The van der Waals surface area contributed by atoms with Crippen LogP contribution in [0.15, 0.2) is 0 Å². The lowest BCUT2D eigenvalue weighted by Crippen LogP contribution is -2.32. The molecule has 0 unspecified atom stereocenters. The molecule has 0 aromatic carbocycles. The number of ether oxygens (including phenoxy) is 1. The van der Waals surface area contributed by atoms with Gasteiger partial charge in [0.1, 0.15) is 5.01 Å². The third-order valence-electron chi connectivity index (χ3n) is 4.17.